The van der Waals surface area contributed by atoms with E-state index in [-0.39, 0.29) is 0 Å². The number of benzene rings is 2. The molecule has 0 fully saturated rings. The van der Waals surface area contributed by atoms with E-state index in [4.69, 9.17) is 0 Å². The number of unbranched alkanes of at least 4 members (excludes halogenated alkanes) is 2. The van der Waals surface area contributed by atoms with Crippen LogP contribution in [0.25, 0.3) is 0 Å². The Kier molecular flexibility index (Phi) is 8.10. The molecule has 0 nitrogen and oxygen atoms in total. The topological polar surface area (TPSA) is 0 Å². The van der Waals surface area contributed by atoms with E-state index in [1.165, 1.54) is 37.8 Å². The van der Waals surface area contributed by atoms with Crippen LogP contribution in [0.2, 0.25) is 12.1 Å². The van der Waals surface area contributed by atoms with Gasteiger partial charge in [0.2, 0.25) is 8.07 Å². The maximum Gasteiger partial charge on any atom is 0.217 e. The summed E-state index contributed by atoms with van der Waals surface area (Å²) in [5, 5.41) is 0. The highest BCUT2D eigenvalue weighted by molar-refractivity contribution is 6.94. The van der Waals surface area contributed by atoms with E-state index >= 15 is 0 Å². The summed E-state index contributed by atoms with van der Waals surface area (Å²) in [6, 6.07) is 23.1. The number of hydrogen-bond acceptors (Lipinski definition) is 0. The van der Waals surface area contributed by atoms with Crippen LogP contribution in [-0.4, -0.2) is 8.07 Å². The molecule has 0 aromatic heterocycles. The monoisotopic (exact) mass is 344 g/mol. The van der Waals surface area contributed by atoms with Gasteiger partial charge >= 0.3 is 0 Å². The van der Waals surface area contributed by atoms with Crippen molar-refractivity contribution >= 4 is 8.07 Å². The van der Waals surface area contributed by atoms with Gasteiger partial charge in [-0.3, -0.25) is 0 Å². The molecule has 0 atom stereocenters. The van der Waals surface area contributed by atoms with Gasteiger partial charge in [-0.05, 0) is 36.4 Å². The number of rotatable bonds is 6. The summed E-state index contributed by atoms with van der Waals surface area (Å²) in [7, 11) is -1.93. The highest BCUT2D eigenvalue weighted by Gasteiger charge is 2.28. The van der Waals surface area contributed by atoms with Crippen molar-refractivity contribution in [3.8, 4) is 22.9 Å². The van der Waals surface area contributed by atoms with Gasteiger partial charge in [0.1, 0.15) is 0 Å². The zero-order chi connectivity index (χ0) is 17.8. The Bertz CT molecular complexity index is 671. The van der Waals surface area contributed by atoms with Gasteiger partial charge in [-0.25, -0.2) is 0 Å². The Labute approximate surface area is 154 Å². The van der Waals surface area contributed by atoms with Crippen LogP contribution in [0.4, 0.5) is 0 Å². The first-order valence-corrected chi connectivity index (χ1v) is 11.9. The summed E-state index contributed by atoms with van der Waals surface area (Å²) >= 11 is 0. The summed E-state index contributed by atoms with van der Waals surface area (Å²) in [6.07, 6.45) is 4.87. The van der Waals surface area contributed by atoms with E-state index in [1.807, 2.05) is 12.1 Å². The van der Waals surface area contributed by atoms with Crippen LogP contribution < -0.4 is 0 Å². The van der Waals surface area contributed by atoms with Crippen LogP contribution >= 0.6 is 0 Å². The third-order valence-corrected chi connectivity index (χ3v) is 7.98. The second kappa shape index (κ2) is 10.6. The molecular formula is C24H28Si. The van der Waals surface area contributed by atoms with Gasteiger partial charge in [-0.2, -0.15) is 0 Å². The first-order valence-electron chi connectivity index (χ1n) is 9.44. The van der Waals surface area contributed by atoms with Gasteiger partial charge in [0.25, 0.3) is 0 Å². The lowest BCUT2D eigenvalue weighted by molar-refractivity contribution is 0.840. The van der Waals surface area contributed by atoms with Crippen molar-refractivity contribution in [2.45, 2.75) is 51.6 Å². The van der Waals surface area contributed by atoms with Crippen LogP contribution in [-0.2, 0) is 0 Å². The lowest BCUT2D eigenvalue weighted by Gasteiger charge is -2.19. The summed E-state index contributed by atoms with van der Waals surface area (Å²) in [5.74, 6) is 6.90. The molecule has 128 valence electrons. The van der Waals surface area contributed by atoms with Gasteiger partial charge in [0.15, 0.2) is 0 Å². The highest BCUT2D eigenvalue weighted by Crippen LogP contribution is 2.21. The zero-order valence-electron chi connectivity index (χ0n) is 15.5. The molecular weight excluding hydrogens is 316 g/mol. The highest BCUT2D eigenvalue weighted by atomic mass is 28.3. The Hall–Kier alpha value is -2.22. The molecule has 0 spiro atoms. The molecule has 0 bridgehead atoms. The van der Waals surface area contributed by atoms with E-state index in [0.717, 1.165) is 11.1 Å². The average Bonchev–Trinajstić information content (AvgIpc) is 2.68. The van der Waals surface area contributed by atoms with E-state index in [0.29, 0.717) is 0 Å². The molecule has 0 heterocycles. The summed E-state index contributed by atoms with van der Waals surface area (Å²) in [6.45, 7) is 4.52. The zero-order valence-corrected chi connectivity index (χ0v) is 16.5. The molecule has 2 aromatic carbocycles. The lowest BCUT2D eigenvalue weighted by atomic mass is 10.2. The van der Waals surface area contributed by atoms with Crippen LogP contribution in [0.5, 0.6) is 0 Å². The standard InChI is InChI=1S/C24H28Si/c1-3-5-19-25(20-6-4-2,21-17-23-13-9-7-10-14-23)22-18-24-15-11-8-12-16-24/h7-16H,3-6,19-20H2,1-2H3. The fourth-order valence-corrected chi connectivity index (χ4v) is 6.28. The SMILES string of the molecule is CCCC[Si](C#Cc1ccccc1)(C#Cc1ccccc1)CCCC. The third kappa shape index (κ3) is 6.65. The van der Waals surface area contributed by atoms with Crippen LogP contribution in [0.3, 0.4) is 0 Å². The molecule has 0 N–H and O–H groups in total. The lowest BCUT2D eigenvalue weighted by Crippen LogP contribution is -2.31. The largest absolute Gasteiger partial charge is 0.217 e. The molecule has 0 aliphatic heterocycles. The fourth-order valence-electron chi connectivity index (χ4n) is 2.79. The van der Waals surface area contributed by atoms with E-state index in [1.54, 1.807) is 0 Å². The van der Waals surface area contributed by atoms with Crippen LogP contribution in [0.15, 0.2) is 60.7 Å². The van der Waals surface area contributed by atoms with Crippen molar-refractivity contribution in [2.24, 2.45) is 0 Å². The Balaban J connectivity index is 2.37. The molecule has 0 saturated heterocycles. The second-order valence-corrected chi connectivity index (χ2v) is 10.2. The minimum Gasteiger partial charge on any atom is -0.110 e. The molecule has 0 amide bonds. The third-order valence-electron chi connectivity index (χ3n) is 4.35. The van der Waals surface area contributed by atoms with Gasteiger partial charge in [0.05, 0.1) is 0 Å². The van der Waals surface area contributed by atoms with Gasteiger partial charge in [0, 0.05) is 11.1 Å². The van der Waals surface area contributed by atoms with E-state index in [9.17, 15) is 0 Å². The maximum atomic E-state index is 3.70. The van der Waals surface area contributed by atoms with Crippen molar-refractivity contribution in [3.05, 3.63) is 71.8 Å². The summed E-state index contributed by atoms with van der Waals surface area (Å²) < 4.78 is 0. The smallest absolute Gasteiger partial charge is 0.110 e. The Morgan fingerprint density at radius 2 is 1.04 bits per heavy atom. The predicted octanol–water partition coefficient (Wildman–Crippen LogP) is 6.22. The van der Waals surface area contributed by atoms with E-state index in [2.05, 4.69) is 85.3 Å². The van der Waals surface area contributed by atoms with Crippen molar-refractivity contribution in [1.82, 2.24) is 0 Å². The van der Waals surface area contributed by atoms with Crippen molar-refractivity contribution < 1.29 is 0 Å². The predicted molar refractivity (Wildman–Crippen MR) is 112 cm³/mol. The average molecular weight is 345 g/mol. The Morgan fingerprint density at radius 1 is 0.640 bits per heavy atom. The molecule has 0 unspecified atom stereocenters. The van der Waals surface area contributed by atoms with E-state index < -0.39 is 8.07 Å². The molecule has 0 aliphatic carbocycles. The summed E-state index contributed by atoms with van der Waals surface area (Å²) in [4.78, 5) is 0. The quantitative estimate of drug-likeness (QED) is 0.431. The van der Waals surface area contributed by atoms with Crippen LogP contribution in [0.1, 0.15) is 50.7 Å². The molecule has 0 saturated carbocycles. The van der Waals surface area contributed by atoms with Gasteiger partial charge in [-0.15, -0.1) is 11.1 Å². The maximum absolute atomic E-state index is 3.70. The Morgan fingerprint density at radius 3 is 1.40 bits per heavy atom. The molecule has 0 aliphatic rings. The molecule has 1 heteroatoms. The summed E-state index contributed by atoms with van der Waals surface area (Å²) in [5.41, 5.74) is 9.62. The van der Waals surface area contributed by atoms with Gasteiger partial charge in [-0.1, -0.05) is 87.8 Å². The van der Waals surface area contributed by atoms with Gasteiger partial charge < -0.3 is 0 Å². The van der Waals surface area contributed by atoms with Crippen LogP contribution in [0, 0.1) is 22.9 Å². The second-order valence-electron chi connectivity index (χ2n) is 6.52. The minimum atomic E-state index is -1.93. The van der Waals surface area contributed by atoms with Crippen molar-refractivity contribution in [1.29, 1.82) is 0 Å². The minimum absolute atomic E-state index is 1.11. The molecule has 2 aromatic rings. The molecule has 2 rings (SSSR count). The van der Waals surface area contributed by atoms with Crippen molar-refractivity contribution in [2.75, 3.05) is 0 Å². The van der Waals surface area contributed by atoms with Crippen molar-refractivity contribution in [3.63, 3.8) is 0 Å². The fraction of sp³-hybridized carbons (Fsp3) is 0.333. The first-order chi connectivity index (χ1) is 12.3. The first kappa shape index (κ1) is 19.1. The molecule has 25 heavy (non-hydrogen) atoms. The normalized spacial score (nSPS) is 10.3. The molecule has 0 radical (unpaired) electrons. The number of hydrogen-bond donors (Lipinski definition) is 0.